The molecule has 1 aromatic carbocycles. The molecular formula is C16H22NO5+. The van der Waals surface area contributed by atoms with Crippen molar-refractivity contribution < 1.29 is 28.9 Å². The number of quaternary nitrogens is 1. The minimum Gasteiger partial charge on any atom is -0.493 e. The Hall–Kier alpha value is -2.47. The van der Waals surface area contributed by atoms with Gasteiger partial charge in [-0.25, -0.2) is 4.79 Å². The van der Waals surface area contributed by atoms with E-state index < -0.39 is 5.97 Å². The molecule has 0 spiro atoms. The van der Waals surface area contributed by atoms with Gasteiger partial charge in [-0.15, -0.1) is 5.06 Å². The van der Waals surface area contributed by atoms with E-state index in [9.17, 15) is 4.79 Å². The highest BCUT2D eigenvalue weighted by Gasteiger charge is 2.21. The van der Waals surface area contributed by atoms with Crippen molar-refractivity contribution in [3.8, 4) is 17.2 Å². The Kier molecular flexibility index (Phi) is 6.98. The molecule has 0 aromatic heterocycles. The number of carbonyl (C=O) groups is 1. The van der Waals surface area contributed by atoms with Gasteiger partial charge in [0.25, 0.3) is 0 Å². The second-order valence-corrected chi connectivity index (χ2v) is 4.33. The average Bonchev–Trinajstić information content (AvgIpc) is 2.53. The van der Waals surface area contributed by atoms with E-state index in [0.29, 0.717) is 41.0 Å². The summed E-state index contributed by atoms with van der Waals surface area (Å²) in [4.78, 5) is 17.7. The minimum atomic E-state index is -0.502. The first kappa shape index (κ1) is 17.6. The fourth-order valence-electron chi connectivity index (χ4n) is 1.88. The normalized spacial score (nSPS) is 10.0. The summed E-state index contributed by atoms with van der Waals surface area (Å²) in [5.41, 5.74) is 0.306. The van der Waals surface area contributed by atoms with Crippen LogP contribution < -0.4 is 19.3 Å². The molecule has 0 aliphatic heterocycles. The van der Waals surface area contributed by atoms with E-state index in [1.807, 2.05) is 0 Å². The van der Waals surface area contributed by atoms with Crippen LogP contribution >= 0.6 is 0 Å². The van der Waals surface area contributed by atoms with Gasteiger partial charge in [0.2, 0.25) is 5.75 Å². The van der Waals surface area contributed by atoms with Crippen LogP contribution in [0.15, 0.2) is 37.4 Å². The number of ether oxygens (including phenoxy) is 3. The number of carbonyl (C=O) groups excluding carboxylic acids is 1. The van der Waals surface area contributed by atoms with Gasteiger partial charge < -0.3 is 14.2 Å². The van der Waals surface area contributed by atoms with Crippen LogP contribution in [-0.4, -0.2) is 40.4 Å². The van der Waals surface area contributed by atoms with Crippen LogP contribution in [-0.2, 0) is 4.84 Å². The van der Waals surface area contributed by atoms with E-state index in [-0.39, 0.29) is 0 Å². The molecule has 0 unspecified atom stereocenters. The number of hydroxylamine groups is 2. The van der Waals surface area contributed by atoms with Crippen molar-refractivity contribution in [2.24, 2.45) is 0 Å². The number of hydrogen-bond donors (Lipinski definition) is 1. The maximum atomic E-state index is 12.3. The van der Waals surface area contributed by atoms with Crippen molar-refractivity contribution in [3.05, 3.63) is 43.0 Å². The summed E-state index contributed by atoms with van der Waals surface area (Å²) in [7, 11) is 4.47. The lowest BCUT2D eigenvalue weighted by atomic mass is 10.2. The van der Waals surface area contributed by atoms with Crippen molar-refractivity contribution in [2.75, 3.05) is 34.4 Å². The van der Waals surface area contributed by atoms with Gasteiger partial charge in [-0.3, -0.25) is 4.84 Å². The van der Waals surface area contributed by atoms with Gasteiger partial charge in [-0.1, -0.05) is 13.2 Å². The third-order valence-electron chi connectivity index (χ3n) is 2.88. The molecule has 120 valence electrons. The van der Waals surface area contributed by atoms with E-state index in [1.54, 1.807) is 24.3 Å². The molecule has 0 saturated heterocycles. The van der Waals surface area contributed by atoms with Crippen molar-refractivity contribution >= 4 is 5.97 Å². The van der Waals surface area contributed by atoms with Gasteiger partial charge in [0.1, 0.15) is 13.1 Å². The highest BCUT2D eigenvalue weighted by atomic mass is 16.7. The van der Waals surface area contributed by atoms with Gasteiger partial charge in [-0.05, 0) is 24.3 Å². The Bertz CT molecular complexity index is 506. The lowest BCUT2D eigenvalue weighted by Crippen LogP contribution is -3.11. The topological polar surface area (TPSA) is 58.4 Å². The van der Waals surface area contributed by atoms with Gasteiger partial charge in [-0.2, -0.15) is 0 Å². The van der Waals surface area contributed by atoms with E-state index in [4.69, 9.17) is 19.0 Å². The summed E-state index contributed by atoms with van der Waals surface area (Å²) >= 11 is 0. The average molecular weight is 308 g/mol. The van der Waals surface area contributed by atoms with Crippen LogP contribution in [0.25, 0.3) is 0 Å². The van der Waals surface area contributed by atoms with Crippen molar-refractivity contribution in [1.29, 1.82) is 0 Å². The molecule has 0 radical (unpaired) electrons. The molecule has 22 heavy (non-hydrogen) atoms. The van der Waals surface area contributed by atoms with E-state index in [1.165, 1.54) is 21.3 Å². The molecule has 0 amide bonds. The predicted octanol–water partition coefficient (Wildman–Crippen LogP) is 1.04. The van der Waals surface area contributed by atoms with Crippen LogP contribution in [0.2, 0.25) is 0 Å². The Morgan fingerprint density at radius 2 is 1.55 bits per heavy atom. The molecule has 0 saturated carbocycles. The van der Waals surface area contributed by atoms with Crippen LogP contribution in [0.4, 0.5) is 0 Å². The molecule has 1 rings (SSSR count). The van der Waals surface area contributed by atoms with Crippen molar-refractivity contribution in [2.45, 2.75) is 0 Å². The van der Waals surface area contributed by atoms with Gasteiger partial charge in [0.15, 0.2) is 11.5 Å². The number of rotatable bonds is 9. The summed E-state index contributed by atoms with van der Waals surface area (Å²) in [5.74, 6) is 0.700. The van der Waals surface area contributed by atoms with E-state index >= 15 is 0 Å². The minimum absolute atomic E-state index is 0.306. The lowest BCUT2D eigenvalue weighted by molar-refractivity contribution is -1.06. The number of benzene rings is 1. The molecule has 0 aliphatic rings. The first-order valence-corrected chi connectivity index (χ1v) is 6.69. The SMILES string of the molecule is C=CC[NH+](CC=C)OC(=O)c1cc(OC)c(OC)c(OC)c1. The zero-order valence-electron chi connectivity index (χ0n) is 13.2. The quantitative estimate of drug-likeness (QED) is 0.546. The van der Waals surface area contributed by atoms with Gasteiger partial charge in [0.05, 0.1) is 26.9 Å². The standard InChI is InChI=1S/C16H21NO5/c1-6-8-17(9-7-2)22-16(18)12-10-13(19-3)15(21-5)14(11-12)20-4/h6-7,10-11H,1-2,8-9H2,3-5H3/p+1. The second kappa shape index (κ2) is 8.74. The van der Waals surface area contributed by atoms with Crippen LogP contribution in [0.5, 0.6) is 17.2 Å². The fourth-order valence-corrected chi connectivity index (χ4v) is 1.88. The molecular weight excluding hydrogens is 286 g/mol. The summed E-state index contributed by atoms with van der Waals surface area (Å²) in [5, 5.41) is 0.573. The summed E-state index contributed by atoms with van der Waals surface area (Å²) < 4.78 is 15.7. The zero-order valence-corrected chi connectivity index (χ0v) is 13.2. The van der Waals surface area contributed by atoms with Crippen LogP contribution in [0.3, 0.4) is 0 Å². The third-order valence-corrected chi connectivity index (χ3v) is 2.88. The number of hydrogen-bond acceptors (Lipinski definition) is 5. The summed E-state index contributed by atoms with van der Waals surface area (Å²) in [6, 6.07) is 3.09. The molecule has 6 nitrogen and oxygen atoms in total. The maximum Gasteiger partial charge on any atom is 0.397 e. The smallest absolute Gasteiger partial charge is 0.397 e. The third kappa shape index (κ3) is 4.26. The van der Waals surface area contributed by atoms with Gasteiger partial charge in [0, 0.05) is 0 Å². The van der Waals surface area contributed by atoms with E-state index in [2.05, 4.69) is 13.2 Å². The molecule has 1 aromatic rings. The van der Waals surface area contributed by atoms with Crippen LogP contribution in [0, 0.1) is 0 Å². The Morgan fingerprint density at radius 3 is 1.91 bits per heavy atom. The maximum absolute atomic E-state index is 12.3. The molecule has 0 bridgehead atoms. The summed E-state index contributed by atoms with van der Waals surface area (Å²) in [6.45, 7) is 8.22. The Balaban J connectivity index is 3.06. The second-order valence-electron chi connectivity index (χ2n) is 4.33. The van der Waals surface area contributed by atoms with Crippen molar-refractivity contribution in [3.63, 3.8) is 0 Å². The van der Waals surface area contributed by atoms with Crippen molar-refractivity contribution in [1.82, 2.24) is 0 Å². The number of methoxy groups -OCH3 is 3. The summed E-state index contributed by atoms with van der Waals surface area (Å²) in [6.07, 6.45) is 3.34. The highest BCUT2D eigenvalue weighted by molar-refractivity contribution is 5.90. The molecule has 0 fully saturated rings. The largest absolute Gasteiger partial charge is 0.493 e. The molecule has 0 heterocycles. The zero-order chi connectivity index (χ0) is 16.5. The Labute approximate surface area is 130 Å². The van der Waals surface area contributed by atoms with Crippen LogP contribution in [0.1, 0.15) is 10.4 Å². The Morgan fingerprint density at radius 1 is 1.05 bits per heavy atom. The first-order chi connectivity index (χ1) is 10.6. The number of nitrogens with one attached hydrogen (secondary N) is 1. The molecule has 0 aliphatic carbocycles. The monoisotopic (exact) mass is 308 g/mol. The predicted molar refractivity (Wildman–Crippen MR) is 82.6 cm³/mol. The first-order valence-electron chi connectivity index (χ1n) is 6.69. The fraction of sp³-hybridized carbons (Fsp3) is 0.312. The van der Waals surface area contributed by atoms with Gasteiger partial charge >= 0.3 is 5.97 Å². The van der Waals surface area contributed by atoms with E-state index in [0.717, 1.165) is 0 Å². The molecule has 6 heteroatoms. The lowest BCUT2D eigenvalue weighted by Gasteiger charge is -2.16. The molecule has 0 atom stereocenters. The highest BCUT2D eigenvalue weighted by Crippen LogP contribution is 2.38. The molecule has 1 N–H and O–H groups in total.